The standard InChI is InChI=1S/C11H23NO2/c1-9-4-3-5-10(6-9)12-7-11(2,14)8-13/h9-10,12-14H,3-8H2,1-2H3. The molecule has 1 fully saturated rings. The molecule has 0 saturated heterocycles. The molecule has 3 unspecified atom stereocenters. The Kier molecular flexibility index (Phi) is 4.35. The van der Waals surface area contributed by atoms with Crippen LogP contribution in [0, 0.1) is 5.92 Å². The van der Waals surface area contributed by atoms with Crippen molar-refractivity contribution < 1.29 is 10.2 Å². The SMILES string of the molecule is CC1CCCC(NCC(C)(O)CO)C1. The lowest BCUT2D eigenvalue weighted by molar-refractivity contribution is -0.000596. The summed E-state index contributed by atoms with van der Waals surface area (Å²) in [6.45, 7) is 4.24. The fraction of sp³-hybridized carbons (Fsp3) is 1.00. The Bertz CT molecular complexity index is 171. The van der Waals surface area contributed by atoms with Crippen LogP contribution in [0.15, 0.2) is 0 Å². The van der Waals surface area contributed by atoms with Crippen molar-refractivity contribution in [1.82, 2.24) is 5.32 Å². The van der Waals surface area contributed by atoms with Gasteiger partial charge in [-0.15, -0.1) is 0 Å². The summed E-state index contributed by atoms with van der Waals surface area (Å²) in [5.74, 6) is 0.792. The van der Waals surface area contributed by atoms with Crippen LogP contribution in [0.4, 0.5) is 0 Å². The van der Waals surface area contributed by atoms with Gasteiger partial charge in [0.15, 0.2) is 0 Å². The van der Waals surface area contributed by atoms with E-state index >= 15 is 0 Å². The molecule has 0 bridgehead atoms. The summed E-state index contributed by atoms with van der Waals surface area (Å²) in [4.78, 5) is 0. The van der Waals surface area contributed by atoms with Gasteiger partial charge in [0.25, 0.3) is 0 Å². The molecule has 3 nitrogen and oxygen atoms in total. The normalized spacial score (nSPS) is 32.6. The minimum Gasteiger partial charge on any atom is -0.393 e. The average Bonchev–Trinajstić information content (AvgIpc) is 2.15. The highest BCUT2D eigenvalue weighted by Crippen LogP contribution is 2.23. The molecule has 3 N–H and O–H groups in total. The van der Waals surface area contributed by atoms with E-state index in [0.29, 0.717) is 12.6 Å². The summed E-state index contributed by atoms with van der Waals surface area (Å²) in [5.41, 5.74) is -0.972. The van der Waals surface area contributed by atoms with E-state index < -0.39 is 5.60 Å². The molecule has 3 atom stereocenters. The van der Waals surface area contributed by atoms with Crippen LogP contribution in [0.1, 0.15) is 39.5 Å². The molecule has 0 heterocycles. The summed E-state index contributed by atoms with van der Waals surface area (Å²) < 4.78 is 0. The second-order valence-corrected chi connectivity index (χ2v) is 5.00. The molecule has 14 heavy (non-hydrogen) atoms. The first kappa shape index (κ1) is 12.0. The first-order chi connectivity index (χ1) is 6.53. The minimum atomic E-state index is -0.972. The summed E-state index contributed by atoms with van der Waals surface area (Å²) >= 11 is 0. The second kappa shape index (κ2) is 5.10. The number of hydrogen-bond donors (Lipinski definition) is 3. The van der Waals surface area contributed by atoms with Crippen molar-refractivity contribution in [2.24, 2.45) is 5.92 Å². The van der Waals surface area contributed by atoms with Crippen LogP contribution in [0.2, 0.25) is 0 Å². The van der Waals surface area contributed by atoms with E-state index in [1.165, 1.54) is 25.7 Å². The lowest BCUT2D eigenvalue weighted by atomic mass is 9.87. The van der Waals surface area contributed by atoms with Gasteiger partial charge in [0.2, 0.25) is 0 Å². The fourth-order valence-corrected chi connectivity index (χ4v) is 2.04. The summed E-state index contributed by atoms with van der Waals surface area (Å²) in [5, 5.41) is 21.8. The maximum Gasteiger partial charge on any atom is 0.0972 e. The van der Waals surface area contributed by atoms with Gasteiger partial charge in [-0.25, -0.2) is 0 Å². The maximum absolute atomic E-state index is 9.61. The number of rotatable bonds is 4. The van der Waals surface area contributed by atoms with Gasteiger partial charge in [-0.1, -0.05) is 19.8 Å². The van der Waals surface area contributed by atoms with Crippen LogP contribution in [0.5, 0.6) is 0 Å². The third kappa shape index (κ3) is 3.95. The molecule has 3 heteroatoms. The Hall–Kier alpha value is -0.120. The summed E-state index contributed by atoms with van der Waals surface area (Å²) in [7, 11) is 0. The van der Waals surface area contributed by atoms with E-state index in [1.54, 1.807) is 6.92 Å². The first-order valence-corrected chi connectivity index (χ1v) is 5.60. The number of hydrogen-bond acceptors (Lipinski definition) is 3. The Morgan fingerprint density at radius 3 is 2.71 bits per heavy atom. The Morgan fingerprint density at radius 1 is 1.43 bits per heavy atom. The molecular formula is C11H23NO2. The Labute approximate surface area is 86.5 Å². The smallest absolute Gasteiger partial charge is 0.0972 e. The molecule has 0 amide bonds. The topological polar surface area (TPSA) is 52.5 Å². The van der Waals surface area contributed by atoms with Gasteiger partial charge in [-0.05, 0) is 25.7 Å². The highest BCUT2D eigenvalue weighted by atomic mass is 16.3. The third-order valence-electron chi connectivity index (χ3n) is 3.05. The average molecular weight is 201 g/mol. The number of aliphatic hydroxyl groups excluding tert-OH is 1. The molecule has 1 saturated carbocycles. The largest absolute Gasteiger partial charge is 0.393 e. The molecule has 1 aliphatic carbocycles. The van der Waals surface area contributed by atoms with Gasteiger partial charge in [-0.3, -0.25) is 0 Å². The zero-order valence-electron chi connectivity index (χ0n) is 9.29. The van der Waals surface area contributed by atoms with Crippen molar-refractivity contribution in [3.05, 3.63) is 0 Å². The van der Waals surface area contributed by atoms with E-state index in [1.807, 2.05) is 0 Å². The third-order valence-corrected chi connectivity index (χ3v) is 3.05. The van der Waals surface area contributed by atoms with Crippen LogP contribution in [0.25, 0.3) is 0 Å². The molecule has 0 radical (unpaired) electrons. The first-order valence-electron chi connectivity index (χ1n) is 5.60. The van der Waals surface area contributed by atoms with Crippen molar-refractivity contribution in [3.63, 3.8) is 0 Å². The van der Waals surface area contributed by atoms with E-state index in [0.717, 1.165) is 5.92 Å². The van der Waals surface area contributed by atoms with Crippen molar-refractivity contribution >= 4 is 0 Å². The molecule has 0 aliphatic heterocycles. The van der Waals surface area contributed by atoms with Crippen molar-refractivity contribution in [2.45, 2.75) is 51.2 Å². The number of aliphatic hydroxyl groups is 2. The number of nitrogens with one attached hydrogen (secondary N) is 1. The maximum atomic E-state index is 9.61. The van der Waals surface area contributed by atoms with Crippen molar-refractivity contribution in [3.8, 4) is 0 Å². The van der Waals surface area contributed by atoms with Gasteiger partial charge >= 0.3 is 0 Å². The van der Waals surface area contributed by atoms with E-state index in [-0.39, 0.29) is 6.61 Å². The zero-order valence-corrected chi connectivity index (χ0v) is 9.29. The molecule has 1 aliphatic rings. The van der Waals surface area contributed by atoms with Crippen molar-refractivity contribution in [1.29, 1.82) is 0 Å². The predicted octanol–water partition coefficient (Wildman–Crippen LogP) is 0.898. The molecule has 1 rings (SSSR count). The van der Waals surface area contributed by atoms with Gasteiger partial charge in [0.05, 0.1) is 12.2 Å². The Balaban J connectivity index is 2.23. The molecule has 0 aromatic heterocycles. The molecule has 84 valence electrons. The van der Waals surface area contributed by atoms with E-state index in [2.05, 4.69) is 12.2 Å². The van der Waals surface area contributed by atoms with Crippen LogP contribution in [-0.4, -0.2) is 35.0 Å². The summed E-state index contributed by atoms with van der Waals surface area (Å²) in [6, 6.07) is 0.525. The van der Waals surface area contributed by atoms with Crippen LogP contribution in [-0.2, 0) is 0 Å². The quantitative estimate of drug-likeness (QED) is 0.633. The highest BCUT2D eigenvalue weighted by Gasteiger charge is 2.23. The van der Waals surface area contributed by atoms with Crippen LogP contribution >= 0.6 is 0 Å². The van der Waals surface area contributed by atoms with Gasteiger partial charge in [0, 0.05) is 12.6 Å². The molecular weight excluding hydrogens is 178 g/mol. The van der Waals surface area contributed by atoms with E-state index in [9.17, 15) is 5.11 Å². The second-order valence-electron chi connectivity index (χ2n) is 5.00. The van der Waals surface area contributed by atoms with E-state index in [4.69, 9.17) is 5.11 Å². The summed E-state index contributed by atoms with van der Waals surface area (Å²) in [6.07, 6.45) is 5.00. The molecule has 0 aromatic carbocycles. The lowest BCUT2D eigenvalue weighted by Gasteiger charge is -2.30. The van der Waals surface area contributed by atoms with Crippen LogP contribution < -0.4 is 5.32 Å². The zero-order chi connectivity index (χ0) is 10.6. The fourth-order valence-electron chi connectivity index (χ4n) is 2.04. The van der Waals surface area contributed by atoms with Crippen LogP contribution in [0.3, 0.4) is 0 Å². The molecule has 0 aromatic rings. The Morgan fingerprint density at radius 2 is 2.14 bits per heavy atom. The lowest BCUT2D eigenvalue weighted by Crippen LogP contribution is -2.46. The highest BCUT2D eigenvalue weighted by molar-refractivity contribution is 4.81. The van der Waals surface area contributed by atoms with Gasteiger partial charge in [-0.2, -0.15) is 0 Å². The minimum absolute atomic E-state index is 0.178. The monoisotopic (exact) mass is 201 g/mol. The predicted molar refractivity (Wildman–Crippen MR) is 57.1 cm³/mol. The molecule has 0 spiro atoms. The van der Waals surface area contributed by atoms with Gasteiger partial charge in [0.1, 0.15) is 0 Å². The van der Waals surface area contributed by atoms with Crippen molar-refractivity contribution in [2.75, 3.05) is 13.2 Å². The van der Waals surface area contributed by atoms with Gasteiger partial charge < -0.3 is 15.5 Å².